The Balaban J connectivity index is 1.99. The van der Waals surface area contributed by atoms with Crippen LogP contribution in [0.1, 0.15) is 24.8 Å². The number of hydrogen-bond acceptors (Lipinski definition) is 3. The Morgan fingerprint density at radius 2 is 2.05 bits per heavy atom. The van der Waals surface area contributed by atoms with Gasteiger partial charge in [-0.15, -0.1) is 0 Å². The first-order valence-electron chi connectivity index (χ1n) is 6.64. The molecule has 0 aliphatic carbocycles. The number of amides is 1. The second kappa shape index (κ2) is 6.83. The van der Waals surface area contributed by atoms with Crippen LogP contribution in [0.25, 0.3) is 0 Å². The Morgan fingerprint density at radius 3 is 2.71 bits per heavy atom. The van der Waals surface area contributed by atoms with E-state index in [0.717, 1.165) is 5.56 Å². The average Bonchev–Trinajstić information content (AvgIpc) is 2.48. The van der Waals surface area contributed by atoms with Crippen molar-refractivity contribution < 1.29 is 13.9 Å². The minimum absolute atomic E-state index is 0.0136. The molecule has 1 aromatic carbocycles. The van der Waals surface area contributed by atoms with Crippen LogP contribution in [0.4, 0.5) is 10.2 Å². The largest absolute Gasteiger partial charge is 0.493 e. The van der Waals surface area contributed by atoms with Crippen LogP contribution < -0.4 is 10.1 Å². The minimum Gasteiger partial charge on any atom is -0.493 e. The molecule has 0 fully saturated rings. The molecule has 0 radical (unpaired) electrons. The van der Waals surface area contributed by atoms with Gasteiger partial charge in [0, 0.05) is 12.6 Å². The summed E-state index contributed by atoms with van der Waals surface area (Å²) in [6.45, 7) is 1.92. The summed E-state index contributed by atoms with van der Waals surface area (Å²) in [6, 6.07) is 9.63. The van der Waals surface area contributed by atoms with Gasteiger partial charge >= 0.3 is 0 Å². The monoisotopic (exact) mass is 288 g/mol. The SMILES string of the molecule is COc1cccnc1NC(=O)C[C@H](C)c1ccc(F)cc1. The highest BCUT2D eigenvalue weighted by Crippen LogP contribution is 2.23. The molecule has 0 aliphatic heterocycles. The van der Waals surface area contributed by atoms with Crippen molar-refractivity contribution in [2.75, 3.05) is 12.4 Å². The molecule has 2 aromatic rings. The maximum absolute atomic E-state index is 12.9. The van der Waals surface area contributed by atoms with E-state index in [1.165, 1.54) is 19.2 Å². The summed E-state index contributed by atoms with van der Waals surface area (Å²) in [5.41, 5.74) is 0.916. The van der Waals surface area contributed by atoms with Gasteiger partial charge in [-0.25, -0.2) is 9.37 Å². The molecule has 4 nitrogen and oxygen atoms in total. The van der Waals surface area contributed by atoms with Gasteiger partial charge in [-0.3, -0.25) is 4.79 Å². The molecule has 1 N–H and O–H groups in total. The summed E-state index contributed by atoms with van der Waals surface area (Å²) < 4.78 is 18.0. The normalized spacial score (nSPS) is 11.8. The number of nitrogens with zero attached hydrogens (tertiary/aromatic N) is 1. The van der Waals surface area contributed by atoms with E-state index in [2.05, 4.69) is 10.3 Å². The third kappa shape index (κ3) is 4.02. The van der Waals surface area contributed by atoms with Crippen molar-refractivity contribution in [3.63, 3.8) is 0 Å². The number of anilines is 1. The van der Waals surface area contributed by atoms with Crippen molar-refractivity contribution in [3.8, 4) is 5.75 Å². The van der Waals surface area contributed by atoms with E-state index in [-0.39, 0.29) is 24.1 Å². The van der Waals surface area contributed by atoms with E-state index in [0.29, 0.717) is 11.6 Å². The summed E-state index contributed by atoms with van der Waals surface area (Å²) in [7, 11) is 1.52. The standard InChI is InChI=1S/C16H17FN2O2/c1-11(12-5-7-13(17)8-6-12)10-15(20)19-16-14(21-2)4-3-9-18-16/h3-9,11H,10H2,1-2H3,(H,18,19,20)/t11-/m0/s1. The fourth-order valence-electron chi connectivity index (χ4n) is 2.02. The molecule has 21 heavy (non-hydrogen) atoms. The van der Waals surface area contributed by atoms with Crippen LogP contribution in [-0.2, 0) is 4.79 Å². The molecule has 1 aromatic heterocycles. The lowest BCUT2D eigenvalue weighted by Gasteiger charge is -2.13. The zero-order valence-corrected chi connectivity index (χ0v) is 12.0. The molecule has 0 bridgehead atoms. The Hall–Kier alpha value is -2.43. The summed E-state index contributed by atoms with van der Waals surface area (Å²) in [4.78, 5) is 16.1. The Bertz CT molecular complexity index is 614. The van der Waals surface area contributed by atoms with E-state index < -0.39 is 0 Å². The number of carbonyl (C=O) groups is 1. The number of ether oxygens (including phenoxy) is 1. The zero-order chi connectivity index (χ0) is 15.2. The van der Waals surface area contributed by atoms with Gasteiger partial charge in [0.05, 0.1) is 7.11 Å². The van der Waals surface area contributed by atoms with Crippen molar-refractivity contribution in [2.45, 2.75) is 19.3 Å². The Kier molecular flexibility index (Phi) is 4.87. The first kappa shape index (κ1) is 15.0. The maximum Gasteiger partial charge on any atom is 0.226 e. The average molecular weight is 288 g/mol. The molecule has 2 rings (SSSR count). The molecule has 0 saturated carbocycles. The van der Waals surface area contributed by atoms with Crippen LogP contribution in [0.3, 0.4) is 0 Å². The highest BCUT2D eigenvalue weighted by Gasteiger charge is 2.13. The topological polar surface area (TPSA) is 51.2 Å². The number of benzene rings is 1. The van der Waals surface area contributed by atoms with Crippen molar-refractivity contribution in [3.05, 3.63) is 54.0 Å². The van der Waals surface area contributed by atoms with Gasteiger partial charge in [-0.1, -0.05) is 19.1 Å². The van der Waals surface area contributed by atoms with Crippen molar-refractivity contribution in [2.24, 2.45) is 0 Å². The van der Waals surface area contributed by atoms with Crippen molar-refractivity contribution >= 4 is 11.7 Å². The Morgan fingerprint density at radius 1 is 1.33 bits per heavy atom. The fraction of sp³-hybridized carbons (Fsp3) is 0.250. The van der Waals surface area contributed by atoms with Crippen LogP contribution >= 0.6 is 0 Å². The molecule has 0 saturated heterocycles. The quantitative estimate of drug-likeness (QED) is 0.917. The summed E-state index contributed by atoms with van der Waals surface area (Å²) in [5, 5.41) is 2.72. The van der Waals surface area contributed by atoms with E-state index >= 15 is 0 Å². The van der Waals surface area contributed by atoms with Gasteiger partial charge < -0.3 is 10.1 Å². The van der Waals surface area contributed by atoms with E-state index in [1.54, 1.807) is 30.5 Å². The second-order valence-corrected chi connectivity index (χ2v) is 4.76. The molecule has 1 atom stereocenters. The van der Waals surface area contributed by atoms with Crippen LogP contribution in [0, 0.1) is 5.82 Å². The van der Waals surface area contributed by atoms with Crippen LogP contribution in [0.5, 0.6) is 5.75 Å². The highest BCUT2D eigenvalue weighted by atomic mass is 19.1. The lowest BCUT2D eigenvalue weighted by Crippen LogP contribution is -2.15. The van der Waals surface area contributed by atoms with Gasteiger partial charge in [-0.05, 0) is 35.7 Å². The third-order valence-electron chi connectivity index (χ3n) is 3.18. The smallest absolute Gasteiger partial charge is 0.226 e. The molecular formula is C16H17FN2O2. The van der Waals surface area contributed by atoms with Crippen LogP contribution in [0.2, 0.25) is 0 Å². The first-order valence-corrected chi connectivity index (χ1v) is 6.64. The van der Waals surface area contributed by atoms with Crippen molar-refractivity contribution in [1.29, 1.82) is 0 Å². The lowest BCUT2D eigenvalue weighted by molar-refractivity contribution is -0.116. The molecular weight excluding hydrogens is 271 g/mol. The fourth-order valence-corrected chi connectivity index (χ4v) is 2.02. The number of pyridine rings is 1. The van der Waals surface area contributed by atoms with Gasteiger partial charge in [0.2, 0.25) is 5.91 Å². The minimum atomic E-state index is -0.284. The second-order valence-electron chi connectivity index (χ2n) is 4.76. The van der Waals surface area contributed by atoms with E-state index in [1.807, 2.05) is 6.92 Å². The summed E-state index contributed by atoms with van der Waals surface area (Å²) in [5.74, 6) is 0.453. The number of halogens is 1. The zero-order valence-electron chi connectivity index (χ0n) is 12.0. The van der Waals surface area contributed by atoms with Crippen molar-refractivity contribution in [1.82, 2.24) is 4.98 Å². The molecule has 5 heteroatoms. The Labute approximate surface area is 123 Å². The van der Waals surface area contributed by atoms with Gasteiger partial charge in [0.15, 0.2) is 11.6 Å². The summed E-state index contributed by atoms with van der Waals surface area (Å²) >= 11 is 0. The van der Waals surface area contributed by atoms with E-state index in [9.17, 15) is 9.18 Å². The van der Waals surface area contributed by atoms with E-state index in [4.69, 9.17) is 4.74 Å². The highest BCUT2D eigenvalue weighted by molar-refractivity contribution is 5.91. The predicted molar refractivity (Wildman–Crippen MR) is 78.9 cm³/mol. The lowest BCUT2D eigenvalue weighted by atomic mass is 9.97. The summed E-state index contributed by atoms with van der Waals surface area (Å²) in [6.07, 6.45) is 1.87. The van der Waals surface area contributed by atoms with Crippen LogP contribution in [-0.4, -0.2) is 18.0 Å². The van der Waals surface area contributed by atoms with Gasteiger partial charge in [0.25, 0.3) is 0 Å². The number of aromatic nitrogens is 1. The number of hydrogen-bond donors (Lipinski definition) is 1. The maximum atomic E-state index is 12.9. The van der Waals surface area contributed by atoms with Gasteiger partial charge in [0.1, 0.15) is 5.82 Å². The molecule has 0 unspecified atom stereocenters. The molecule has 0 spiro atoms. The number of nitrogens with one attached hydrogen (secondary N) is 1. The number of rotatable bonds is 5. The number of carbonyl (C=O) groups excluding carboxylic acids is 1. The van der Waals surface area contributed by atoms with Gasteiger partial charge in [-0.2, -0.15) is 0 Å². The molecule has 110 valence electrons. The molecule has 1 amide bonds. The number of methoxy groups -OCH3 is 1. The predicted octanol–water partition coefficient (Wildman–Crippen LogP) is 3.36. The third-order valence-corrected chi connectivity index (χ3v) is 3.18. The molecule has 1 heterocycles. The van der Waals surface area contributed by atoms with Crippen LogP contribution in [0.15, 0.2) is 42.6 Å². The first-order chi connectivity index (χ1) is 10.1. The molecule has 0 aliphatic rings.